The van der Waals surface area contributed by atoms with Crippen LogP contribution in [0.25, 0.3) is 10.8 Å². The van der Waals surface area contributed by atoms with Crippen LogP contribution < -0.4 is 5.32 Å². The second kappa shape index (κ2) is 6.16. The van der Waals surface area contributed by atoms with Gasteiger partial charge in [0, 0.05) is 16.4 Å². The van der Waals surface area contributed by atoms with E-state index in [9.17, 15) is 9.18 Å². The molecular formula is C17H14FN3O2S. The van der Waals surface area contributed by atoms with Crippen LogP contribution in [0.2, 0.25) is 0 Å². The summed E-state index contributed by atoms with van der Waals surface area (Å²) in [6.07, 6.45) is 2.25. The lowest BCUT2D eigenvalue weighted by atomic mass is 10.2. The molecule has 122 valence electrons. The number of thiophene rings is 1. The summed E-state index contributed by atoms with van der Waals surface area (Å²) in [4.78, 5) is 18.3. The molecule has 1 aromatic carbocycles. The lowest BCUT2D eigenvalue weighted by Gasteiger charge is -2.03. The highest BCUT2D eigenvalue weighted by atomic mass is 32.1. The summed E-state index contributed by atoms with van der Waals surface area (Å²) in [5.74, 6) is 1.01. The van der Waals surface area contributed by atoms with Crippen molar-refractivity contribution in [3.63, 3.8) is 0 Å². The first kappa shape index (κ1) is 15.0. The van der Waals surface area contributed by atoms with Crippen molar-refractivity contribution in [2.45, 2.75) is 25.3 Å². The highest BCUT2D eigenvalue weighted by Gasteiger charge is 2.29. The molecule has 1 N–H and O–H groups in total. The first-order valence-corrected chi connectivity index (χ1v) is 8.47. The number of hydrogen-bond donors (Lipinski definition) is 1. The van der Waals surface area contributed by atoms with Crippen molar-refractivity contribution in [1.29, 1.82) is 0 Å². The summed E-state index contributed by atoms with van der Waals surface area (Å²) in [6.45, 7) is 0.365. The van der Waals surface area contributed by atoms with Crippen LogP contribution in [0.3, 0.4) is 0 Å². The van der Waals surface area contributed by atoms with Crippen LogP contribution >= 0.6 is 11.3 Å². The molecule has 1 fully saturated rings. The zero-order valence-electron chi connectivity index (χ0n) is 12.7. The zero-order valence-corrected chi connectivity index (χ0v) is 13.5. The number of nitrogens with one attached hydrogen (secondary N) is 1. The molecule has 1 aliphatic rings. The molecule has 1 amide bonds. The minimum absolute atomic E-state index is 0.303. The Bertz CT molecular complexity index is 885. The first-order valence-electron chi connectivity index (χ1n) is 7.65. The van der Waals surface area contributed by atoms with Crippen molar-refractivity contribution in [3.8, 4) is 10.8 Å². The molecule has 0 saturated heterocycles. The largest absolute Gasteiger partial charge is 0.347 e. The molecule has 0 spiro atoms. The van der Waals surface area contributed by atoms with Crippen molar-refractivity contribution in [2.75, 3.05) is 0 Å². The molecule has 2 heterocycles. The zero-order chi connectivity index (χ0) is 16.5. The van der Waals surface area contributed by atoms with E-state index in [1.165, 1.54) is 29.5 Å². The second-order valence-electron chi connectivity index (χ2n) is 5.69. The molecule has 0 unspecified atom stereocenters. The third-order valence-corrected chi connectivity index (χ3v) is 4.84. The van der Waals surface area contributed by atoms with Gasteiger partial charge in [-0.15, -0.1) is 11.3 Å². The van der Waals surface area contributed by atoms with Crippen LogP contribution in [-0.4, -0.2) is 16.0 Å². The van der Waals surface area contributed by atoms with Crippen LogP contribution in [0, 0.1) is 5.82 Å². The number of hydrogen-bond acceptors (Lipinski definition) is 5. The smallest absolute Gasteiger partial charge is 0.268 e. The van der Waals surface area contributed by atoms with Gasteiger partial charge in [-0.25, -0.2) is 4.39 Å². The van der Waals surface area contributed by atoms with Gasteiger partial charge in [-0.1, -0.05) is 11.2 Å². The fourth-order valence-electron chi connectivity index (χ4n) is 2.33. The molecule has 0 atom stereocenters. The van der Waals surface area contributed by atoms with Gasteiger partial charge in [-0.05, 0) is 43.2 Å². The standard InChI is InChI=1S/C17H14FN3O2S/c18-12-3-1-2-11(8-12)16(22)19-9-13-6-7-14(24-13)17-20-15(21-23-17)10-4-5-10/h1-3,6-8,10H,4-5,9H2,(H,19,22). The summed E-state index contributed by atoms with van der Waals surface area (Å²) in [5, 5.41) is 6.78. The summed E-state index contributed by atoms with van der Waals surface area (Å²) < 4.78 is 18.4. The van der Waals surface area contributed by atoms with E-state index in [0.717, 1.165) is 28.4 Å². The van der Waals surface area contributed by atoms with E-state index in [1.54, 1.807) is 6.07 Å². The molecule has 7 heteroatoms. The first-order chi connectivity index (χ1) is 11.7. The van der Waals surface area contributed by atoms with E-state index in [-0.39, 0.29) is 5.91 Å². The number of amides is 1. The predicted molar refractivity (Wildman–Crippen MR) is 87.2 cm³/mol. The summed E-state index contributed by atoms with van der Waals surface area (Å²) in [6, 6.07) is 9.43. The van der Waals surface area contributed by atoms with Gasteiger partial charge in [0.2, 0.25) is 0 Å². The number of rotatable bonds is 5. The van der Waals surface area contributed by atoms with Gasteiger partial charge in [0.1, 0.15) is 5.82 Å². The Balaban J connectivity index is 1.40. The number of carbonyl (C=O) groups is 1. The van der Waals surface area contributed by atoms with E-state index < -0.39 is 5.82 Å². The molecule has 4 rings (SSSR count). The Labute approximate surface area is 141 Å². The molecule has 3 aromatic rings. The molecule has 0 aliphatic heterocycles. The maximum Gasteiger partial charge on any atom is 0.268 e. The van der Waals surface area contributed by atoms with E-state index in [0.29, 0.717) is 23.9 Å². The van der Waals surface area contributed by atoms with Crippen molar-refractivity contribution >= 4 is 17.2 Å². The van der Waals surface area contributed by atoms with Gasteiger partial charge in [-0.3, -0.25) is 4.79 Å². The molecule has 5 nitrogen and oxygen atoms in total. The van der Waals surface area contributed by atoms with Gasteiger partial charge in [0.15, 0.2) is 5.82 Å². The minimum atomic E-state index is -0.427. The molecule has 0 radical (unpaired) electrons. The van der Waals surface area contributed by atoms with Gasteiger partial charge >= 0.3 is 0 Å². The third kappa shape index (κ3) is 3.21. The topological polar surface area (TPSA) is 68.0 Å². The Morgan fingerprint density at radius 1 is 1.33 bits per heavy atom. The Morgan fingerprint density at radius 3 is 3.00 bits per heavy atom. The van der Waals surface area contributed by atoms with Gasteiger partial charge in [-0.2, -0.15) is 4.98 Å². The number of aromatic nitrogens is 2. The normalized spacial score (nSPS) is 13.9. The summed E-state index contributed by atoms with van der Waals surface area (Å²) >= 11 is 1.49. The molecule has 24 heavy (non-hydrogen) atoms. The van der Waals surface area contributed by atoms with Gasteiger partial charge in [0.25, 0.3) is 11.8 Å². The lowest BCUT2D eigenvalue weighted by Crippen LogP contribution is -2.22. The number of nitrogens with zero attached hydrogens (tertiary/aromatic N) is 2. The summed E-state index contributed by atoms with van der Waals surface area (Å²) in [7, 11) is 0. The SMILES string of the molecule is O=C(NCc1ccc(-c2nc(C3CC3)no2)s1)c1cccc(F)c1. The predicted octanol–water partition coefficient (Wildman–Crippen LogP) is 3.74. The average Bonchev–Trinajstić information content (AvgIpc) is 3.13. The van der Waals surface area contributed by atoms with Crippen LogP contribution in [-0.2, 0) is 6.54 Å². The van der Waals surface area contributed by atoms with E-state index in [1.807, 2.05) is 12.1 Å². The van der Waals surface area contributed by atoms with Crippen LogP contribution in [0.5, 0.6) is 0 Å². The van der Waals surface area contributed by atoms with Gasteiger partial charge in [0.05, 0.1) is 11.4 Å². The monoisotopic (exact) mass is 343 g/mol. The van der Waals surface area contributed by atoms with Crippen molar-refractivity contribution in [2.24, 2.45) is 0 Å². The van der Waals surface area contributed by atoms with E-state index >= 15 is 0 Å². The summed E-state index contributed by atoms with van der Waals surface area (Å²) in [5.41, 5.74) is 0.303. The quantitative estimate of drug-likeness (QED) is 0.766. The highest BCUT2D eigenvalue weighted by molar-refractivity contribution is 7.15. The Morgan fingerprint density at radius 2 is 2.21 bits per heavy atom. The van der Waals surface area contributed by atoms with Gasteiger partial charge < -0.3 is 9.84 Å². The van der Waals surface area contributed by atoms with Crippen molar-refractivity contribution < 1.29 is 13.7 Å². The van der Waals surface area contributed by atoms with E-state index in [4.69, 9.17) is 4.52 Å². The molecule has 1 saturated carbocycles. The van der Waals surface area contributed by atoms with E-state index in [2.05, 4.69) is 15.5 Å². The second-order valence-corrected chi connectivity index (χ2v) is 6.86. The number of benzene rings is 1. The van der Waals surface area contributed by atoms with Crippen molar-refractivity contribution in [1.82, 2.24) is 15.5 Å². The Kier molecular flexibility index (Phi) is 3.86. The lowest BCUT2D eigenvalue weighted by molar-refractivity contribution is 0.0951. The van der Waals surface area contributed by atoms with Crippen LogP contribution in [0.1, 0.15) is 39.8 Å². The van der Waals surface area contributed by atoms with Crippen molar-refractivity contribution in [3.05, 3.63) is 58.5 Å². The molecule has 1 aliphatic carbocycles. The van der Waals surface area contributed by atoms with Crippen LogP contribution in [0.4, 0.5) is 4.39 Å². The third-order valence-electron chi connectivity index (χ3n) is 3.77. The fourth-order valence-corrected chi connectivity index (χ4v) is 3.20. The minimum Gasteiger partial charge on any atom is -0.347 e. The van der Waals surface area contributed by atoms with Crippen LogP contribution in [0.15, 0.2) is 40.9 Å². The maximum atomic E-state index is 13.1. The molecule has 0 bridgehead atoms. The maximum absolute atomic E-state index is 13.1. The average molecular weight is 343 g/mol. The Hall–Kier alpha value is -2.54. The highest BCUT2D eigenvalue weighted by Crippen LogP contribution is 2.39. The fraction of sp³-hybridized carbons (Fsp3) is 0.235. The molecular weight excluding hydrogens is 329 g/mol. The number of halogens is 1. The molecule has 2 aromatic heterocycles. The number of carbonyl (C=O) groups excluding carboxylic acids is 1.